The Morgan fingerprint density at radius 3 is 1.78 bits per heavy atom. The van der Waals surface area contributed by atoms with Gasteiger partial charge in [-0.15, -0.1) is 0 Å². The van der Waals surface area contributed by atoms with E-state index in [1.165, 1.54) is 0 Å². The number of alkyl halides is 2. The normalized spacial score (nSPS) is 11.6. The first-order valence-electron chi connectivity index (χ1n) is 13.9. The maximum absolute atomic E-state index is 15.0. The number of aromatic nitrogens is 2. The third-order valence-electron chi connectivity index (χ3n) is 7.07. The lowest BCUT2D eigenvalue weighted by Gasteiger charge is -2.20. The number of ether oxygens (including phenoxy) is 1. The number of rotatable bonds is 10. The van der Waals surface area contributed by atoms with Crippen molar-refractivity contribution in [1.82, 2.24) is 9.97 Å². The van der Waals surface area contributed by atoms with Crippen molar-refractivity contribution in [2.45, 2.75) is 38.7 Å². The molecule has 0 N–H and O–H groups in total. The fourth-order valence-corrected chi connectivity index (χ4v) is 4.75. The van der Waals surface area contributed by atoms with Gasteiger partial charge in [0.05, 0.1) is 0 Å². The van der Waals surface area contributed by atoms with E-state index in [0.29, 0.717) is 47.3 Å². The number of benzene rings is 4. The summed E-state index contributed by atoms with van der Waals surface area (Å²) < 4.78 is 119. The van der Waals surface area contributed by atoms with Crippen LogP contribution < -0.4 is 4.74 Å². The molecule has 1 heterocycles. The molecule has 0 saturated heterocycles. The molecule has 0 fully saturated rings. The Kier molecular flexibility index (Phi) is 9.17. The van der Waals surface area contributed by atoms with Gasteiger partial charge in [0.15, 0.2) is 23.3 Å². The van der Waals surface area contributed by atoms with E-state index in [1.807, 2.05) is 0 Å². The van der Waals surface area contributed by atoms with Gasteiger partial charge in [-0.25, -0.2) is 36.3 Å². The highest BCUT2D eigenvalue weighted by Crippen LogP contribution is 2.38. The molecule has 0 aliphatic heterocycles. The van der Waals surface area contributed by atoms with Gasteiger partial charge < -0.3 is 4.74 Å². The van der Waals surface area contributed by atoms with Crippen molar-refractivity contribution in [2.24, 2.45) is 0 Å². The molecule has 11 heteroatoms. The van der Waals surface area contributed by atoms with Gasteiger partial charge in [0.2, 0.25) is 0 Å². The van der Waals surface area contributed by atoms with Crippen LogP contribution in [0.25, 0.3) is 33.6 Å². The largest absolute Gasteiger partial charge is 0.432 e. The lowest BCUT2D eigenvalue weighted by molar-refractivity contribution is -0.189. The molecule has 0 aliphatic carbocycles. The molecule has 0 bridgehead atoms. The molecule has 0 atom stereocenters. The Balaban J connectivity index is 1.33. The summed E-state index contributed by atoms with van der Waals surface area (Å²) >= 11 is 0. The summed E-state index contributed by atoms with van der Waals surface area (Å²) in [5.41, 5.74) is -0.622. The highest BCUT2D eigenvalue weighted by Gasteiger charge is 2.41. The molecule has 45 heavy (non-hydrogen) atoms. The van der Waals surface area contributed by atoms with Crippen LogP contribution in [0.4, 0.5) is 35.1 Å². The Morgan fingerprint density at radius 1 is 0.622 bits per heavy atom. The van der Waals surface area contributed by atoms with Crippen molar-refractivity contribution in [1.29, 1.82) is 0 Å². The van der Waals surface area contributed by atoms with Crippen molar-refractivity contribution < 1.29 is 39.9 Å². The van der Waals surface area contributed by atoms with Gasteiger partial charge in [0.1, 0.15) is 28.8 Å². The quantitative estimate of drug-likeness (QED) is 0.0877. The molecule has 4 aromatic carbocycles. The molecule has 5 aromatic rings. The monoisotopic (exact) mass is 628 g/mol. The molecular weight excluding hydrogens is 604 g/mol. The zero-order chi connectivity index (χ0) is 32.3. The minimum atomic E-state index is -4.58. The van der Waals surface area contributed by atoms with Crippen LogP contribution in [0.5, 0.6) is 5.75 Å². The molecule has 0 aliphatic rings. The van der Waals surface area contributed by atoms with Crippen LogP contribution in [-0.2, 0) is 12.5 Å². The van der Waals surface area contributed by atoms with Gasteiger partial charge >= 0.3 is 6.11 Å². The predicted molar refractivity (Wildman–Crippen MR) is 152 cm³/mol. The first kappa shape index (κ1) is 31.6. The molecule has 0 saturated carbocycles. The van der Waals surface area contributed by atoms with Crippen LogP contribution >= 0.6 is 0 Å². The maximum Gasteiger partial charge on any atom is 0.432 e. The third-order valence-corrected chi connectivity index (χ3v) is 7.07. The smallest absolute Gasteiger partial charge is 0.429 e. The molecule has 0 radical (unpaired) electrons. The average molecular weight is 629 g/mol. The third kappa shape index (κ3) is 6.97. The number of nitrogens with zero attached hydrogens (tertiary/aromatic N) is 2. The molecule has 1 aromatic heterocycles. The fourth-order valence-electron chi connectivity index (χ4n) is 4.75. The summed E-state index contributed by atoms with van der Waals surface area (Å²) in [6.07, 6.45) is 3.02. The van der Waals surface area contributed by atoms with Gasteiger partial charge in [0.25, 0.3) is 0 Å². The standard InChI is InChI=1S/C34H24F8N2O/c1-2-3-4-5-19-17-43-33(44-18-19)21-8-6-20(7-9-21)22-12-27(36)31(28(37)13-22)34(41,42)45-24-10-11-25(26(35)16-24)23-14-29(38)32(40)30(39)15-23/h6-18H,2-5H2,1H3. The number of hydrogen-bond donors (Lipinski definition) is 0. The Hall–Kier alpha value is -4.80. The minimum absolute atomic E-state index is 0.0301. The number of hydrogen-bond acceptors (Lipinski definition) is 3. The zero-order valence-corrected chi connectivity index (χ0v) is 23.7. The second kappa shape index (κ2) is 13.1. The van der Waals surface area contributed by atoms with Crippen LogP contribution in [0, 0.1) is 34.9 Å². The highest BCUT2D eigenvalue weighted by molar-refractivity contribution is 5.68. The van der Waals surface area contributed by atoms with Crippen LogP contribution in [0.15, 0.2) is 79.1 Å². The van der Waals surface area contributed by atoms with E-state index in [9.17, 15) is 35.1 Å². The van der Waals surface area contributed by atoms with Crippen LogP contribution in [0.2, 0.25) is 0 Å². The van der Waals surface area contributed by atoms with Crippen molar-refractivity contribution in [3.05, 3.63) is 125 Å². The van der Waals surface area contributed by atoms with Crippen molar-refractivity contribution in [2.75, 3.05) is 0 Å². The van der Waals surface area contributed by atoms with Gasteiger partial charge in [-0.1, -0.05) is 44.0 Å². The average Bonchev–Trinajstić information content (AvgIpc) is 2.99. The fraction of sp³-hybridized carbons (Fsp3) is 0.176. The topological polar surface area (TPSA) is 35.0 Å². The van der Waals surface area contributed by atoms with E-state index in [-0.39, 0.29) is 5.56 Å². The first-order chi connectivity index (χ1) is 21.5. The van der Waals surface area contributed by atoms with Crippen molar-refractivity contribution >= 4 is 0 Å². The zero-order valence-electron chi connectivity index (χ0n) is 23.7. The van der Waals surface area contributed by atoms with Crippen molar-refractivity contribution in [3.63, 3.8) is 0 Å². The second-order valence-electron chi connectivity index (χ2n) is 10.3. The van der Waals surface area contributed by atoms with Crippen LogP contribution in [0.3, 0.4) is 0 Å². The predicted octanol–water partition coefficient (Wildman–Crippen LogP) is 10.2. The summed E-state index contributed by atoms with van der Waals surface area (Å²) in [7, 11) is 0. The molecule has 232 valence electrons. The molecule has 0 spiro atoms. The van der Waals surface area contributed by atoms with Crippen LogP contribution in [0.1, 0.15) is 37.3 Å². The summed E-state index contributed by atoms with van der Waals surface area (Å²) in [5.74, 6) is -9.81. The summed E-state index contributed by atoms with van der Waals surface area (Å²) in [6.45, 7) is 2.12. The van der Waals surface area contributed by atoms with E-state index in [4.69, 9.17) is 0 Å². The van der Waals surface area contributed by atoms with Crippen molar-refractivity contribution in [3.8, 4) is 39.4 Å². The van der Waals surface area contributed by atoms with Crippen LogP contribution in [-0.4, -0.2) is 9.97 Å². The Bertz CT molecular complexity index is 1780. The Labute approximate surface area is 253 Å². The van der Waals surface area contributed by atoms with Gasteiger partial charge in [-0.2, -0.15) is 8.78 Å². The molecule has 0 unspecified atom stereocenters. The Morgan fingerprint density at radius 2 is 1.20 bits per heavy atom. The van der Waals surface area contributed by atoms with Gasteiger partial charge in [-0.05, 0) is 71.5 Å². The second-order valence-corrected chi connectivity index (χ2v) is 10.3. The summed E-state index contributed by atoms with van der Waals surface area (Å²) in [4.78, 5) is 8.74. The lowest BCUT2D eigenvalue weighted by Crippen LogP contribution is -2.25. The van der Waals surface area contributed by atoms with E-state index >= 15 is 0 Å². The summed E-state index contributed by atoms with van der Waals surface area (Å²) in [5, 5.41) is 0. The van der Waals surface area contributed by atoms with E-state index in [0.717, 1.165) is 43.4 Å². The molecule has 3 nitrogen and oxygen atoms in total. The number of halogens is 8. The minimum Gasteiger partial charge on any atom is -0.429 e. The first-order valence-corrected chi connectivity index (χ1v) is 13.9. The number of aryl methyl sites for hydroxylation is 1. The highest BCUT2D eigenvalue weighted by atomic mass is 19.3. The molecule has 0 amide bonds. The molecular formula is C34H24F8N2O. The van der Waals surface area contributed by atoms with E-state index in [1.54, 1.807) is 36.7 Å². The van der Waals surface area contributed by atoms with E-state index in [2.05, 4.69) is 21.6 Å². The van der Waals surface area contributed by atoms with Gasteiger partial charge in [0, 0.05) is 29.6 Å². The molecule has 5 rings (SSSR count). The summed E-state index contributed by atoms with van der Waals surface area (Å²) in [6, 6.07) is 10.9. The maximum atomic E-state index is 15.0. The SMILES string of the molecule is CCCCCc1cnc(-c2ccc(-c3cc(F)c(C(F)(F)Oc4ccc(-c5cc(F)c(F)c(F)c5)c(F)c4)c(F)c3)cc2)nc1. The lowest BCUT2D eigenvalue weighted by atomic mass is 10.0. The number of unbranched alkanes of at least 4 members (excludes halogenated alkanes) is 2. The van der Waals surface area contributed by atoms with E-state index < -0.39 is 63.5 Å². The van der Waals surface area contributed by atoms with Gasteiger partial charge in [-0.3, -0.25) is 0 Å².